The molecule has 0 aliphatic heterocycles. The molecule has 1 heterocycles. The summed E-state index contributed by atoms with van der Waals surface area (Å²) < 4.78 is 1.85. The average Bonchev–Trinajstić information content (AvgIpc) is 2.52. The van der Waals surface area contributed by atoms with Crippen LogP contribution >= 0.6 is 0 Å². The monoisotopic (exact) mass is 168 g/mol. The van der Waals surface area contributed by atoms with Crippen molar-refractivity contribution in [2.24, 2.45) is 0 Å². The summed E-state index contributed by atoms with van der Waals surface area (Å²) in [5.41, 5.74) is 1.04. The second kappa shape index (κ2) is 4.21. The van der Waals surface area contributed by atoms with E-state index in [0.29, 0.717) is 0 Å². The zero-order valence-corrected chi connectivity index (χ0v) is 7.99. The Balaban J connectivity index is 2.52. The maximum Gasteiger partial charge on any atom is 0.0967 e. The summed E-state index contributed by atoms with van der Waals surface area (Å²) in [6, 6.07) is 0. The fourth-order valence-corrected chi connectivity index (χ4v) is 0.954. The molecule has 1 aromatic heterocycles. The van der Waals surface area contributed by atoms with Crippen LogP contribution in [0.15, 0.2) is 6.20 Å². The van der Waals surface area contributed by atoms with Gasteiger partial charge in [-0.05, 0) is 20.5 Å². The number of aromatic nitrogens is 3. The van der Waals surface area contributed by atoms with Gasteiger partial charge in [0.25, 0.3) is 0 Å². The molecule has 68 valence electrons. The Morgan fingerprint density at radius 2 is 2.25 bits per heavy atom. The highest BCUT2D eigenvalue weighted by atomic mass is 15.4. The van der Waals surface area contributed by atoms with Crippen molar-refractivity contribution >= 4 is 0 Å². The van der Waals surface area contributed by atoms with Crippen LogP contribution in [0.1, 0.15) is 19.5 Å². The predicted octanol–water partition coefficient (Wildman–Crippen LogP) is 0.750. The van der Waals surface area contributed by atoms with Gasteiger partial charge >= 0.3 is 0 Å². The molecule has 0 saturated carbocycles. The zero-order valence-electron chi connectivity index (χ0n) is 7.99. The lowest BCUT2D eigenvalue weighted by Crippen LogP contribution is -2.16. The van der Waals surface area contributed by atoms with Crippen molar-refractivity contribution < 1.29 is 0 Å². The summed E-state index contributed by atoms with van der Waals surface area (Å²) in [5, 5.41) is 8.01. The van der Waals surface area contributed by atoms with Gasteiger partial charge in [-0.15, -0.1) is 5.10 Å². The average molecular weight is 168 g/mol. The third-order valence-electron chi connectivity index (χ3n) is 1.88. The molecule has 0 N–H and O–H groups in total. The van der Waals surface area contributed by atoms with Crippen LogP contribution in [0.3, 0.4) is 0 Å². The van der Waals surface area contributed by atoms with Gasteiger partial charge in [-0.25, -0.2) is 0 Å². The fraction of sp³-hybridized carbons (Fsp3) is 0.750. The first-order valence-corrected chi connectivity index (χ1v) is 4.33. The van der Waals surface area contributed by atoms with Gasteiger partial charge in [-0.3, -0.25) is 4.68 Å². The first kappa shape index (κ1) is 9.19. The molecule has 1 rings (SSSR count). The third kappa shape index (κ3) is 2.30. The van der Waals surface area contributed by atoms with Gasteiger partial charge < -0.3 is 4.90 Å². The van der Waals surface area contributed by atoms with E-state index in [1.54, 1.807) is 0 Å². The minimum absolute atomic E-state index is 0.885. The minimum atomic E-state index is 0.885. The lowest BCUT2D eigenvalue weighted by molar-refractivity contribution is 0.341. The Kier molecular flexibility index (Phi) is 3.22. The molecule has 0 bridgehead atoms. The number of rotatable bonds is 4. The zero-order chi connectivity index (χ0) is 8.97. The molecule has 4 heteroatoms. The molecule has 12 heavy (non-hydrogen) atoms. The van der Waals surface area contributed by atoms with E-state index in [2.05, 4.69) is 36.1 Å². The maximum absolute atomic E-state index is 4.05. The summed E-state index contributed by atoms with van der Waals surface area (Å²) in [4.78, 5) is 2.20. The Morgan fingerprint density at radius 3 is 2.75 bits per heavy atom. The first-order valence-electron chi connectivity index (χ1n) is 4.33. The summed E-state index contributed by atoms with van der Waals surface area (Å²) >= 11 is 0. The molecule has 0 aliphatic rings. The van der Waals surface area contributed by atoms with Gasteiger partial charge in [-0.2, -0.15) is 0 Å². The van der Waals surface area contributed by atoms with E-state index in [9.17, 15) is 0 Å². The summed E-state index contributed by atoms with van der Waals surface area (Å²) in [6.45, 7) is 7.00. The Hall–Kier alpha value is -0.900. The van der Waals surface area contributed by atoms with Crippen molar-refractivity contribution in [2.75, 3.05) is 13.6 Å². The molecular formula is C8H16N4. The van der Waals surface area contributed by atoms with E-state index in [4.69, 9.17) is 0 Å². The van der Waals surface area contributed by atoms with Crippen LogP contribution in [0, 0.1) is 0 Å². The SMILES string of the molecule is CCN(C)Cc1cn(CC)nn1. The van der Waals surface area contributed by atoms with Crippen molar-refractivity contribution in [1.82, 2.24) is 19.9 Å². The van der Waals surface area contributed by atoms with Gasteiger partial charge in [0, 0.05) is 19.3 Å². The van der Waals surface area contributed by atoms with E-state index in [0.717, 1.165) is 25.3 Å². The van der Waals surface area contributed by atoms with Gasteiger partial charge in [0.1, 0.15) is 0 Å². The van der Waals surface area contributed by atoms with Crippen molar-refractivity contribution in [2.45, 2.75) is 26.9 Å². The Bertz CT molecular complexity index is 231. The number of nitrogens with zero attached hydrogens (tertiary/aromatic N) is 4. The molecule has 0 fully saturated rings. The van der Waals surface area contributed by atoms with Crippen molar-refractivity contribution in [1.29, 1.82) is 0 Å². The molecule has 0 amide bonds. The van der Waals surface area contributed by atoms with Crippen LogP contribution in [0.5, 0.6) is 0 Å². The topological polar surface area (TPSA) is 34.0 Å². The predicted molar refractivity (Wildman–Crippen MR) is 47.7 cm³/mol. The molecule has 0 saturated heterocycles. The van der Waals surface area contributed by atoms with E-state index in [-0.39, 0.29) is 0 Å². The van der Waals surface area contributed by atoms with Crippen LogP contribution in [-0.4, -0.2) is 33.5 Å². The fourth-order valence-electron chi connectivity index (χ4n) is 0.954. The summed E-state index contributed by atoms with van der Waals surface area (Å²) in [7, 11) is 2.07. The van der Waals surface area contributed by atoms with Crippen molar-refractivity contribution in [3.63, 3.8) is 0 Å². The number of aryl methyl sites for hydroxylation is 1. The van der Waals surface area contributed by atoms with Crippen LogP contribution < -0.4 is 0 Å². The van der Waals surface area contributed by atoms with Gasteiger partial charge in [0.05, 0.1) is 5.69 Å². The highest BCUT2D eigenvalue weighted by molar-refractivity contribution is 4.91. The second-order valence-electron chi connectivity index (χ2n) is 2.90. The molecule has 1 aromatic rings. The molecule has 0 aromatic carbocycles. The van der Waals surface area contributed by atoms with Gasteiger partial charge in [0.2, 0.25) is 0 Å². The van der Waals surface area contributed by atoms with Gasteiger partial charge in [-0.1, -0.05) is 12.1 Å². The van der Waals surface area contributed by atoms with Crippen LogP contribution in [0.2, 0.25) is 0 Å². The first-order chi connectivity index (χ1) is 5.76. The van der Waals surface area contributed by atoms with E-state index in [1.807, 2.05) is 10.9 Å². The maximum atomic E-state index is 4.05. The molecule has 0 unspecified atom stereocenters. The standard InChI is InChI=1S/C8H16N4/c1-4-11(3)6-8-7-12(5-2)10-9-8/h7H,4-6H2,1-3H3. The summed E-state index contributed by atoms with van der Waals surface area (Å²) in [6.07, 6.45) is 1.99. The van der Waals surface area contributed by atoms with E-state index < -0.39 is 0 Å². The molecule has 0 spiro atoms. The summed E-state index contributed by atoms with van der Waals surface area (Å²) in [5.74, 6) is 0. The third-order valence-corrected chi connectivity index (χ3v) is 1.88. The Morgan fingerprint density at radius 1 is 1.50 bits per heavy atom. The van der Waals surface area contributed by atoms with E-state index in [1.165, 1.54) is 0 Å². The van der Waals surface area contributed by atoms with Crippen LogP contribution in [-0.2, 0) is 13.1 Å². The lowest BCUT2D eigenvalue weighted by atomic mass is 10.4. The van der Waals surface area contributed by atoms with Crippen LogP contribution in [0.4, 0.5) is 0 Å². The largest absolute Gasteiger partial charge is 0.301 e. The van der Waals surface area contributed by atoms with Gasteiger partial charge in [0.15, 0.2) is 0 Å². The van der Waals surface area contributed by atoms with Crippen molar-refractivity contribution in [3.05, 3.63) is 11.9 Å². The van der Waals surface area contributed by atoms with Crippen LogP contribution in [0.25, 0.3) is 0 Å². The molecule has 0 atom stereocenters. The highest BCUT2D eigenvalue weighted by Crippen LogP contribution is 1.97. The number of hydrogen-bond donors (Lipinski definition) is 0. The molecule has 0 radical (unpaired) electrons. The molecule has 0 aliphatic carbocycles. The van der Waals surface area contributed by atoms with Crippen molar-refractivity contribution in [3.8, 4) is 0 Å². The highest BCUT2D eigenvalue weighted by Gasteiger charge is 2.01. The normalized spacial score (nSPS) is 11.0. The lowest BCUT2D eigenvalue weighted by Gasteiger charge is -2.10. The quantitative estimate of drug-likeness (QED) is 0.665. The minimum Gasteiger partial charge on any atom is -0.301 e. The molecular weight excluding hydrogens is 152 g/mol. The molecule has 4 nitrogen and oxygen atoms in total. The second-order valence-corrected chi connectivity index (χ2v) is 2.90. The van der Waals surface area contributed by atoms with E-state index >= 15 is 0 Å². The Labute approximate surface area is 73.2 Å². The number of hydrogen-bond acceptors (Lipinski definition) is 3. The smallest absolute Gasteiger partial charge is 0.0967 e.